The lowest BCUT2D eigenvalue weighted by atomic mass is 9.78. The molecule has 0 atom stereocenters. The van der Waals surface area contributed by atoms with Crippen LogP contribution in [0.5, 0.6) is 0 Å². The molecule has 17 heavy (non-hydrogen) atoms. The smallest absolute Gasteiger partial charge is 0.353 e. The van der Waals surface area contributed by atoms with Gasteiger partial charge in [-0.2, -0.15) is 0 Å². The quantitative estimate of drug-likeness (QED) is 0.612. The second-order valence-corrected chi connectivity index (χ2v) is 4.47. The van der Waals surface area contributed by atoms with E-state index in [4.69, 9.17) is 0 Å². The molecule has 0 saturated heterocycles. The molecule has 7 heteroatoms. The summed E-state index contributed by atoms with van der Waals surface area (Å²) in [5, 5.41) is 16.9. The van der Waals surface area contributed by atoms with Crippen LogP contribution in [0.15, 0.2) is 6.33 Å². The first-order chi connectivity index (χ1) is 8.06. The van der Waals surface area contributed by atoms with Crippen molar-refractivity contribution >= 4 is 17.3 Å². The van der Waals surface area contributed by atoms with Gasteiger partial charge in [0.2, 0.25) is 11.6 Å². The van der Waals surface area contributed by atoms with E-state index in [1.54, 1.807) is 7.05 Å². The Kier molecular flexibility index (Phi) is 2.83. The first-order valence-electron chi connectivity index (χ1n) is 5.51. The summed E-state index contributed by atoms with van der Waals surface area (Å²) >= 11 is 0. The summed E-state index contributed by atoms with van der Waals surface area (Å²) < 4.78 is 0. The largest absolute Gasteiger partial charge is 0.367 e. The molecule has 1 heterocycles. The van der Waals surface area contributed by atoms with E-state index in [1.165, 1.54) is 6.33 Å². The highest BCUT2D eigenvalue weighted by atomic mass is 16.6. The molecule has 1 fully saturated rings. The van der Waals surface area contributed by atoms with Crippen LogP contribution >= 0.6 is 0 Å². The van der Waals surface area contributed by atoms with Crippen molar-refractivity contribution in [1.29, 1.82) is 0 Å². The van der Waals surface area contributed by atoms with Crippen LogP contribution in [0.2, 0.25) is 0 Å². The van der Waals surface area contributed by atoms with E-state index in [2.05, 4.69) is 20.6 Å². The van der Waals surface area contributed by atoms with Gasteiger partial charge in [-0.05, 0) is 26.2 Å². The summed E-state index contributed by atoms with van der Waals surface area (Å²) in [6, 6.07) is 0. The summed E-state index contributed by atoms with van der Waals surface area (Å²) in [6.07, 6.45) is 4.47. The van der Waals surface area contributed by atoms with Crippen LogP contribution in [0.25, 0.3) is 0 Å². The van der Waals surface area contributed by atoms with Gasteiger partial charge in [-0.1, -0.05) is 0 Å². The van der Waals surface area contributed by atoms with E-state index in [0.29, 0.717) is 0 Å². The van der Waals surface area contributed by atoms with Gasteiger partial charge in [-0.25, -0.2) is 9.97 Å². The van der Waals surface area contributed by atoms with Gasteiger partial charge in [-0.15, -0.1) is 0 Å². The van der Waals surface area contributed by atoms with E-state index < -0.39 is 4.92 Å². The number of nitrogens with zero attached hydrogens (tertiary/aromatic N) is 3. The van der Waals surface area contributed by atoms with Crippen molar-refractivity contribution in [3.05, 3.63) is 16.4 Å². The second kappa shape index (κ2) is 4.15. The zero-order valence-electron chi connectivity index (χ0n) is 9.86. The molecule has 1 aromatic rings. The molecule has 2 N–H and O–H groups in total. The predicted octanol–water partition coefficient (Wildman–Crippen LogP) is 1.78. The van der Waals surface area contributed by atoms with E-state index in [-0.39, 0.29) is 22.9 Å². The standard InChI is InChI=1S/C10H15N5O2/c1-10(4-3-5-10)14-9-7(15(16)17)8(11-2)12-6-13-9/h6H,3-5H2,1-2H3,(H2,11,12,13,14). The van der Waals surface area contributed by atoms with Crippen LogP contribution in [0.1, 0.15) is 26.2 Å². The molecule has 0 bridgehead atoms. The van der Waals surface area contributed by atoms with E-state index in [0.717, 1.165) is 19.3 Å². The number of nitrogens with one attached hydrogen (secondary N) is 2. The van der Waals surface area contributed by atoms with Gasteiger partial charge in [0.05, 0.1) is 4.92 Å². The van der Waals surface area contributed by atoms with Crippen LogP contribution in [0, 0.1) is 10.1 Å². The Morgan fingerprint density at radius 3 is 2.53 bits per heavy atom. The van der Waals surface area contributed by atoms with Crippen LogP contribution in [-0.4, -0.2) is 27.5 Å². The Balaban J connectivity index is 2.35. The highest BCUT2D eigenvalue weighted by Gasteiger charge is 2.35. The van der Waals surface area contributed by atoms with Crippen LogP contribution in [-0.2, 0) is 0 Å². The number of hydrogen-bond donors (Lipinski definition) is 2. The SMILES string of the molecule is CNc1ncnc(NC2(C)CCC2)c1[N+](=O)[O-]. The molecule has 1 aliphatic carbocycles. The number of anilines is 2. The lowest BCUT2D eigenvalue weighted by Crippen LogP contribution is -2.42. The van der Waals surface area contributed by atoms with Crippen LogP contribution < -0.4 is 10.6 Å². The molecular formula is C10H15N5O2. The van der Waals surface area contributed by atoms with Gasteiger partial charge in [0.25, 0.3) is 0 Å². The average Bonchev–Trinajstić information content (AvgIpc) is 2.26. The van der Waals surface area contributed by atoms with Crippen molar-refractivity contribution in [2.24, 2.45) is 0 Å². The molecule has 0 aromatic carbocycles. The topological polar surface area (TPSA) is 93.0 Å². The van der Waals surface area contributed by atoms with Gasteiger partial charge in [0.1, 0.15) is 6.33 Å². The number of rotatable bonds is 4. The molecule has 1 saturated carbocycles. The number of nitro groups is 1. The molecule has 0 aliphatic heterocycles. The Labute approximate surface area is 98.8 Å². The fraction of sp³-hybridized carbons (Fsp3) is 0.600. The molecule has 0 radical (unpaired) electrons. The summed E-state index contributed by atoms with van der Waals surface area (Å²) in [5.74, 6) is 0.520. The molecular weight excluding hydrogens is 222 g/mol. The van der Waals surface area contributed by atoms with Crippen molar-refractivity contribution in [1.82, 2.24) is 9.97 Å². The fourth-order valence-electron chi connectivity index (χ4n) is 1.94. The molecule has 7 nitrogen and oxygen atoms in total. The van der Waals surface area contributed by atoms with Crippen molar-refractivity contribution in [2.75, 3.05) is 17.7 Å². The first-order valence-corrected chi connectivity index (χ1v) is 5.51. The molecule has 0 unspecified atom stereocenters. The number of hydrogen-bond acceptors (Lipinski definition) is 6. The molecule has 1 aromatic heterocycles. The Hall–Kier alpha value is -1.92. The maximum atomic E-state index is 11.0. The first kappa shape index (κ1) is 11.6. The summed E-state index contributed by atoms with van der Waals surface area (Å²) in [4.78, 5) is 18.4. The fourth-order valence-corrected chi connectivity index (χ4v) is 1.94. The number of aromatic nitrogens is 2. The van der Waals surface area contributed by atoms with E-state index in [1.807, 2.05) is 6.92 Å². The Bertz CT molecular complexity index is 444. The maximum absolute atomic E-state index is 11.0. The second-order valence-electron chi connectivity index (χ2n) is 4.47. The zero-order valence-corrected chi connectivity index (χ0v) is 9.86. The Morgan fingerprint density at radius 2 is 2.06 bits per heavy atom. The maximum Gasteiger partial charge on any atom is 0.353 e. The monoisotopic (exact) mass is 237 g/mol. The highest BCUT2D eigenvalue weighted by molar-refractivity contribution is 5.69. The minimum atomic E-state index is -0.462. The minimum absolute atomic E-state index is 0.0792. The summed E-state index contributed by atoms with van der Waals surface area (Å²) in [5.41, 5.74) is -0.174. The zero-order chi connectivity index (χ0) is 12.5. The average molecular weight is 237 g/mol. The van der Waals surface area contributed by atoms with Crippen molar-refractivity contribution in [3.63, 3.8) is 0 Å². The van der Waals surface area contributed by atoms with Crippen LogP contribution in [0.3, 0.4) is 0 Å². The Morgan fingerprint density at radius 1 is 1.41 bits per heavy atom. The minimum Gasteiger partial charge on any atom is -0.367 e. The van der Waals surface area contributed by atoms with Gasteiger partial charge >= 0.3 is 5.69 Å². The van der Waals surface area contributed by atoms with E-state index >= 15 is 0 Å². The van der Waals surface area contributed by atoms with Crippen LogP contribution in [0.4, 0.5) is 17.3 Å². The van der Waals surface area contributed by atoms with Gasteiger partial charge in [0.15, 0.2) is 0 Å². The molecule has 0 spiro atoms. The van der Waals surface area contributed by atoms with Crippen molar-refractivity contribution in [3.8, 4) is 0 Å². The van der Waals surface area contributed by atoms with Crippen molar-refractivity contribution < 1.29 is 4.92 Å². The third-order valence-electron chi connectivity index (χ3n) is 3.12. The lowest BCUT2D eigenvalue weighted by molar-refractivity contribution is -0.383. The summed E-state index contributed by atoms with van der Waals surface area (Å²) in [7, 11) is 1.60. The van der Waals surface area contributed by atoms with E-state index in [9.17, 15) is 10.1 Å². The molecule has 2 rings (SSSR count). The van der Waals surface area contributed by atoms with Gasteiger partial charge < -0.3 is 10.6 Å². The molecule has 0 amide bonds. The van der Waals surface area contributed by atoms with Gasteiger partial charge in [-0.3, -0.25) is 10.1 Å². The molecule has 92 valence electrons. The lowest BCUT2D eigenvalue weighted by Gasteiger charge is -2.39. The normalized spacial score (nSPS) is 17.1. The van der Waals surface area contributed by atoms with Gasteiger partial charge in [0, 0.05) is 12.6 Å². The third kappa shape index (κ3) is 2.13. The third-order valence-corrected chi connectivity index (χ3v) is 3.12. The van der Waals surface area contributed by atoms with Crippen molar-refractivity contribution in [2.45, 2.75) is 31.7 Å². The highest BCUT2D eigenvalue weighted by Crippen LogP contribution is 2.37. The predicted molar refractivity (Wildman–Crippen MR) is 64.1 cm³/mol. The summed E-state index contributed by atoms with van der Waals surface area (Å²) in [6.45, 7) is 2.04. The molecule has 1 aliphatic rings.